The van der Waals surface area contributed by atoms with Crippen LogP contribution < -0.4 is 14.8 Å². The third-order valence-electron chi connectivity index (χ3n) is 3.60. The van der Waals surface area contributed by atoms with Crippen LogP contribution in [0.1, 0.15) is 20.3 Å². The molecular weight excluding hydrogens is 405 g/mol. The van der Waals surface area contributed by atoms with E-state index in [1.807, 2.05) is 31.2 Å². The van der Waals surface area contributed by atoms with E-state index < -0.39 is 0 Å². The minimum Gasteiger partial charge on any atom is -0.494 e. The molecule has 0 saturated heterocycles. The van der Waals surface area contributed by atoms with Crippen LogP contribution >= 0.6 is 35.0 Å². The number of rotatable bonds is 10. The molecule has 1 atom stereocenters. The van der Waals surface area contributed by atoms with E-state index in [0.29, 0.717) is 34.7 Å². The Morgan fingerprint density at radius 3 is 2.15 bits per heavy atom. The number of nitrogens with one attached hydrogen (secondary N) is 1. The molecule has 0 aliphatic rings. The first-order valence-electron chi connectivity index (χ1n) is 8.73. The highest BCUT2D eigenvalue weighted by Gasteiger charge is 2.16. The van der Waals surface area contributed by atoms with Crippen LogP contribution in [0.2, 0.25) is 10.0 Å². The number of thioether (sulfide) groups is 1. The highest BCUT2D eigenvalue weighted by molar-refractivity contribution is 8.00. The maximum Gasteiger partial charge on any atom is 0.237 e. The first-order valence-corrected chi connectivity index (χ1v) is 10.5. The van der Waals surface area contributed by atoms with E-state index in [0.717, 1.165) is 17.9 Å². The Balaban J connectivity index is 1.72. The molecule has 0 aliphatic carbocycles. The summed E-state index contributed by atoms with van der Waals surface area (Å²) in [6.45, 7) is 5.12. The predicted molar refractivity (Wildman–Crippen MR) is 115 cm³/mol. The second-order valence-electron chi connectivity index (χ2n) is 5.77. The molecule has 146 valence electrons. The number of halogens is 2. The van der Waals surface area contributed by atoms with Crippen molar-refractivity contribution in [2.75, 3.05) is 24.3 Å². The minimum atomic E-state index is -0.259. The van der Waals surface area contributed by atoms with Gasteiger partial charge in [-0.25, -0.2) is 0 Å². The van der Waals surface area contributed by atoms with Crippen molar-refractivity contribution in [3.63, 3.8) is 0 Å². The Hall–Kier alpha value is -1.56. The van der Waals surface area contributed by atoms with E-state index in [1.54, 1.807) is 18.2 Å². The fourth-order valence-electron chi connectivity index (χ4n) is 2.15. The molecule has 0 spiro atoms. The number of para-hydroxylation sites is 1. The zero-order valence-electron chi connectivity index (χ0n) is 15.3. The lowest BCUT2D eigenvalue weighted by Gasteiger charge is -2.14. The highest BCUT2D eigenvalue weighted by Crippen LogP contribution is 2.30. The molecule has 1 amide bonds. The van der Waals surface area contributed by atoms with Gasteiger partial charge < -0.3 is 14.8 Å². The largest absolute Gasteiger partial charge is 0.494 e. The van der Waals surface area contributed by atoms with Gasteiger partial charge in [0, 0.05) is 5.75 Å². The van der Waals surface area contributed by atoms with Crippen molar-refractivity contribution < 1.29 is 14.3 Å². The Bertz CT molecular complexity index is 720. The monoisotopic (exact) mass is 427 g/mol. The zero-order chi connectivity index (χ0) is 19.6. The lowest BCUT2D eigenvalue weighted by Crippen LogP contribution is -2.23. The number of carbonyl (C=O) groups is 1. The van der Waals surface area contributed by atoms with Gasteiger partial charge in [-0.3, -0.25) is 4.79 Å². The molecule has 0 heterocycles. The van der Waals surface area contributed by atoms with Crippen molar-refractivity contribution in [2.24, 2.45) is 0 Å². The third-order valence-corrected chi connectivity index (χ3v) is 5.34. The molecule has 2 aromatic carbocycles. The first kappa shape index (κ1) is 21.7. The molecule has 0 unspecified atom stereocenters. The van der Waals surface area contributed by atoms with Gasteiger partial charge in [0.2, 0.25) is 5.91 Å². The van der Waals surface area contributed by atoms with Crippen LogP contribution in [0.4, 0.5) is 5.69 Å². The summed E-state index contributed by atoms with van der Waals surface area (Å²) < 4.78 is 11.2. The van der Waals surface area contributed by atoms with Gasteiger partial charge in [0.05, 0.1) is 34.2 Å². The van der Waals surface area contributed by atoms with Crippen LogP contribution in [-0.2, 0) is 4.79 Å². The van der Waals surface area contributed by atoms with Crippen LogP contribution in [0.15, 0.2) is 42.5 Å². The number of hydrogen-bond acceptors (Lipinski definition) is 4. The molecule has 2 aromatic rings. The average Bonchev–Trinajstić information content (AvgIpc) is 2.67. The van der Waals surface area contributed by atoms with Crippen LogP contribution in [0, 0.1) is 0 Å². The molecule has 0 aliphatic heterocycles. The highest BCUT2D eigenvalue weighted by atomic mass is 35.5. The molecule has 0 saturated carbocycles. The fraction of sp³-hybridized carbons (Fsp3) is 0.350. The van der Waals surface area contributed by atoms with Gasteiger partial charge in [-0.2, -0.15) is 0 Å². The van der Waals surface area contributed by atoms with Gasteiger partial charge in [0.25, 0.3) is 0 Å². The molecule has 0 bridgehead atoms. The number of amides is 1. The molecule has 1 N–H and O–H groups in total. The third kappa shape index (κ3) is 7.17. The Kier molecular flexibility index (Phi) is 9.11. The zero-order valence-corrected chi connectivity index (χ0v) is 17.7. The fourth-order valence-corrected chi connectivity index (χ4v) is 3.39. The lowest BCUT2D eigenvalue weighted by molar-refractivity contribution is -0.115. The molecule has 0 aromatic heterocycles. The molecule has 0 fully saturated rings. The summed E-state index contributed by atoms with van der Waals surface area (Å²) in [7, 11) is 0. The quantitative estimate of drug-likeness (QED) is 0.477. The summed E-state index contributed by atoms with van der Waals surface area (Å²) in [5, 5.41) is 3.36. The summed E-state index contributed by atoms with van der Waals surface area (Å²) in [6.07, 6.45) is 0.976. The van der Waals surface area contributed by atoms with Crippen LogP contribution in [0.3, 0.4) is 0 Å². The number of hydrogen-bond donors (Lipinski definition) is 1. The number of ether oxygens (including phenoxy) is 2. The van der Waals surface area contributed by atoms with Gasteiger partial charge in [-0.15, -0.1) is 11.8 Å². The minimum absolute atomic E-state index is 0.146. The van der Waals surface area contributed by atoms with E-state index in [9.17, 15) is 4.79 Å². The Labute approximate surface area is 174 Å². The van der Waals surface area contributed by atoms with Gasteiger partial charge in [-0.1, -0.05) is 36.2 Å². The lowest BCUT2D eigenvalue weighted by atomic mass is 10.3. The topological polar surface area (TPSA) is 47.6 Å². The van der Waals surface area contributed by atoms with Gasteiger partial charge >= 0.3 is 0 Å². The van der Waals surface area contributed by atoms with Crippen LogP contribution in [0.5, 0.6) is 11.5 Å². The van der Waals surface area contributed by atoms with E-state index in [1.165, 1.54) is 11.8 Å². The summed E-state index contributed by atoms with van der Waals surface area (Å²) in [5.74, 6) is 2.15. The summed E-state index contributed by atoms with van der Waals surface area (Å²) in [4.78, 5) is 12.3. The smallest absolute Gasteiger partial charge is 0.237 e. The second-order valence-corrected chi connectivity index (χ2v) is 8.03. The van der Waals surface area contributed by atoms with E-state index in [2.05, 4.69) is 12.2 Å². The SMILES string of the molecule is CCCOc1ccc(OCCS[C@H](C)C(=O)Nc2c(Cl)cccc2Cl)cc1. The van der Waals surface area contributed by atoms with Gasteiger partial charge in [0.15, 0.2) is 0 Å². The maximum atomic E-state index is 12.3. The maximum absolute atomic E-state index is 12.3. The Morgan fingerprint density at radius 1 is 1.04 bits per heavy atom. The van der Waals surface area contributed by atoms with Crippen molar-refractivity contribution in [1.29, 1.82) is 0 Å². The van der Waals surface area contributed by atoms with Crippen molar-refractivity contribution in [3.8, 4) is 11.5 Å². The Morgan fingerprint density at radius 2 is 1.59 bits per heavy atom. The average molecular weight is 428 g/mol. The van der Waals surface area contributed by atoms with E-state index in [4.69, 9.17) is 32.7 Å². The van der Waals surface area contributed by atoms with Crippen LogP contribution in [0.25, 0.3) is 0 Å². The van der Waals surface area contributed by atoms with Gasteiger partial charge in [-0.05, 0) is 49.7 Å². The molecule has 4 nitrogen and oxygen atoms in total. The number of benzene rings is 2. The summed E-state index contributed by atoms with van der Waals surface area (Å²) >= 11 is 13.7. The van der Waals surface area contributed by atoms with E-state index in [-0.39, 0.29) is 11.2 Å². The molecule has 7 heteroatoms. The molecule has 27 heavy (non-hydrogen) atoms. The first-order chi connectivity index (χ1) is 13.0. The molecule has 0 radical (unpaired) electrons. The summed E-state index contributed by atoms with van der Waals surface area (Å²) in [6, 6.07) is 12.7. The number of anilines is 1. The second kappa shape index (κ2) is 11.3. The van der Waals surface area contributed by atoms with Gasteiger partial charge in [0.1, 0.15) is 11.5 Å². The molecular formula is C20H23Cl2NO3S. The van der Waals surface area contributed by atoms with Crippen LogP contribution in [-0.4, -0.2) is 30.1 Å². The molecule has 2 rings (SSSR count). The standard InChI is InChI=1S/C20H23Cl2NO3S/c1-3-11-25-15-7-9-16(10-8-15)26-12-13-27-14(2)20(24)23-19-17(21)5-4-6-18(19)22/h4-10,14H,3,11-13H2,1-2H3,(H,23,24)/t14-/m1/s1. The van der Waals surface area contributed by atoms with Crippen molar-refractivity contribution in [1.82, 2.24) is 0 Å². The number of carbonyl (C=O) groups excluding carboxylic acids is 1. The van der Waals surface area contributed by atoms with Crippen molar-refractivity contribution in [3.05, 3.63) is 52.5 Å². The predicted octanol–water partition coefficient (Wildman–Crippen LogP) is 5.92. The van der Waals surface area contributed by atoms with Crippen molar-refractivity contribution in [2.45, 2.75) is 25.5 Å². The summed E-state index contributed by atoms with van der Waals surface area (Å²) in [5.41, 5.74) is 0.444. The normalized spacial score (nSPS) is 11.7. The van der Waals surface area contributed by atoms with E-state index >= 15 is 0 Å². The van der Waals surface area contributed by atoms with Crippen molar-refractivity contribution >= 4 is 46.6 Å².